The maximum absolute atomic E-state index is 13.1. The fourth-order valence-corrected chi connectivity index (χ4v) is 4.78. The Kier molecular flexibility index (Phi) is 4.84. The summed E-state index contributed by atoms with van der Waals surface area (Å²) in [6.07, 6.45) is 5.92. The molecule has 1 spiro atoms. The number of nitrogens with zero attached hydrogens (tertiary/aromatic N) is 3. The van der Waals surface area contributed by atoms with Crippen LogP contribution in [0.15, 0.2) is 28.9 Å². The zero-order valence-electron chi connectivity index (χ0n) is 17.2. The molecule has 0 unspecified atom stereocenters. The molecule has 0 atom stereocenters. The number of likely N-dealkylation sites (N-methyl/N-ethyl adjacent to an activating group) is 1. The van der Waals surface area contributed by atoms with E-state index in [1.165, 1.54) is 0 Å². The molecular weight excluding hydrogens is 370 g/mol. The van der Waals surface area contributed by atoms with Gasteiger partial charge in [-0.25, -0.2) is 4.79 Å². The van der Waals surface area contributed by atoms with E-state index >= 15 is 0 Å². The van der Waals surface area contributed by atoms with Crippen molar-refractivity contribution >= 4 is 17.7 Å². The van der Waals surface area contributed by atoms with Crippen LogP contribution in [0.4, 0.5) is 4.79 Å². The van der Waals surface area contributed by atoms with E-state index in [2.05, 4.69) is 0 Å². The van der Waals surface area contributed by atoms with Crippen LogP contribution in [0.1, 0.15) is 59.6 Å². The van der Waals surface area contributed by atoms with Gasteiger partial charge in [0.1, 0.15) is 11.3 Å². The predicted molar refractivity (Wildman–Crippen MR) is 107 cm³/mol. The van der Waals surface area contributed by atoms with Crippen LogP contribution in [-0.4, -0.2) is 51.2 Å². The molecule has 7 heteroatoms. The number of imide groups is 1. The highest BCUT2D eigenvalue weighted by Crippen LogP contribution is 2.39. The number of hydrogen-bond donors (Lipinski definition) is 0. The molecule has 0 N–H and O–H groups in total. The molecule has 3 heterocycles. The molecule has 2 aromatic rings. The number of rotatable bonds is 5. The van der Waals surface area contributed by atoms with E-state index in [9.17, 15) is 14.4 Å². The lowest BCUT2D eigenvalue weighted by atomic mass is 9.80. The van der Waals surface area contributed by atoms with Gasteiger partial charge in [0, 0.05) is 24.0 Å². The Labute approximate surface area is 170 Å². The topological polar surface area (TPSA) is 75.8 Å². The fourth-order valence-electron chi connectivity index (χ4n) is 4.78. The van der Waals surface area contributed by atoms with Crippen molar-refractivity contribution in [1.82, 2.24) is 14.4 Å². The van der Waals surface area contributed by atoms with Gasteiger partial charge in [0.25, 0.3) is 5.91 Å². The van der Waals surface area contributed by atoms with Crippen molar-refractivity contribution in [1.29, 1.82) is 0 Å². The van der Waals surface area contributed by atoms with Gasteiger partial charge in [-0.15, -0.1) is 0 Å². The summed E-state index contributed by atoms with van der Waals surface area (Å²) >= 11 is 0. The maximum atomic E-state index is 13.1. The maximum Gasteiger partial charge on any atom is 0.327 e. The molecule has 4 rings (SSSR count). The van der Waals surface area contributed by atoms with Crippen LogP contribution in [0, 0.1) is 13.8 Å². The van der Waals surface area contributed by atoms with E-state index in [4.69, 9.17) is 4.42 Å². The summed E-state index contributed by atoms with van der Waals surface area (Å²) in [4.78, 5) is 41.7. The van der Waals surface area contributed by atoms with Gasteiger partial charge in [-0.2, -0.15) is 0 Å². The first kappa shape index (κ1) is 19.5. The number of carbonyl (C=O) groups is 3. The predicted octanol–water partition coefficient (Wildman–Crippen LogP) is 3.53. The smallest absolute Gasteiger partial charge is 0.327 e. The summed E-state index contributed by atoms with van der Waals surface area (Å²) in [6, 6.07) is 5.18. The molecule has 7 nitrogen and oxygen atoms in total. The fraction of sp³-hybridized carbons (Fsp3) is 0.500. The van der Waals surface area contributed by atoms with Crippen LogP contribution in [0.25, 0.3) is 0 Å². The molecule has 154 valence electrons. The van der Waals surface area contributed by atoms with Crippen LogP contribution in [-0.2, 0) is 11.3 Å². The van der Waals surface area contributed by atoms with Gasteiger partial charge in [-0.05, 0) is 44.9 Å². The van der Waals surface area contributed by atoms with Gasteiger partial charge in [-0.1, -0.05) is 19.3 Å². The molecule has 1 aliphatic heterocycles. The molecule has 2 fully saturated rings. The zero-order valence-corrected chi connectivity index (χ0v) is 17.2. The summed E-state index contributed by atoms with van der Waals surface area (Å²) in [5, 5.41) is 0. The van der Waals surface area contributed by atoms with E-state index in [1.54, 1.807) is 18.2 Å². The molecular formula is C22H27N3O4. The van der Waals surface area contributed by atoms with Gasteiger partial charge >= 0.3 is 6.03 Å². The third-order valence-electron chi connectivity index (χ3n) is 6.55. The van der Waals surface area contributed by atoms with Gasteiger partial charge < -0.3 is 13.9 Å². The first-order chi connectivity index (χ1) is 13.8. The normalized spacial score (nSPS) is 18.9. The van der Waals surface area contributed by atoms with Crippen LogP contribution in [0.2, 0.25) is 0 Å². The number of aromatic nitrogens is 1. The number of furan rings is 1. The molecule has 0 aromatic carbocycles. The van der Waals surface area contributed by atoms with Crippen molar-refractivity contribution in [2.75, 3.05) is 13.6 Å². The monoisotopic (exact) mass is 397 g/mol. The molecule has 1 saturated heterocycles. The lowest BCUT2D eigenvalue weighted by Crippen LogP contribution is -2.49. The number of Topliss-reactive ketones (excluding diaryl/α,β-unsaturated/α-hetero) is 1. The van der Waals surface area contributed by atoms with Gasteiger partial charge in [0.05, 0.1) is 19.4 Å². The van der Waals surface area contributed by atoms with Gasteiger partial charge in [0.2, 0.25) is 0 Å². The van der Waals surface area contributed by atoms with E-state index in [1.807, 2.05) is 36.6 Å². The SMILES string of the molecule is Cc1cc(C(=O)CN2C(=O)N(C)C3(CCCCC3)C2=O)c(C)n1Cc1ccco1. The molecule has 1 aliphatic carbocycles. The van der Waals surface area contributed by atoms with Crippen LogP contribution in [0.3, 0.4) is 0 Å². The third kappa shape index (κ3) is 3.09. The Morgan fingerprint density at radius 2 is 1.90 bits per heavy atom. The van der Waals surface area contributed by atoms with Crippen molar-refractivity contribution in [2.24, 2.45) is 0 Å². The number of carbonyl (C=O) groups excluding carboxylic acids is 3. The first-order valence-electron chi connectivity index (χ1n) is 10.2. The van der Waals surface area contributed by atoms with Crippen LogP contribution < -0.4 is 0 Å². The Hall–Kier alpha value is -2.83. The second kappa shape index (κ2) is 7.21. The molecule has 2 aromatic heterocycles. The minimum atomic E-state index is -0.758. The zero-order chi connectivity index (χ0) is 20.8. The third-order valence-corrected chi connectivity index (χ3v) is 6.55. The largest absolute Gasteiger partial charge is 0.467 e. The standard InChI is InChI=1S/C22H27N3O4/c1-15-12-18(16(2)24(15)13-17-8-7-11-29-17)19(26)14-25-20(27)22(23(3)21(25)28)9-5-4-6-10-22/h7-8,11-12H,4-6,9-10,13-14H2,1-3H3. The van der Waals surface area contributed by atoms with E-state index in [-0.39, 0.29) is 24.3 Å². The van der Waals surface area contributed by atoms with Crippen molar-refractivity contribution < 1.29 is 18.8 Å². The number of urea groups is 1. The highest BCUT2D eigenvalue weighted by molar-refractivity contribution is 6.11. The van der Waals surface area contributed by atoms with Gasteiger partial charge in [-0.3, -0.25) is 14.5 Å². The lowest BCUT2D eigenvalue weighted by molar-refractivity contribution is -0.134. The van der Waals surface area contributed by atoms with E-state index in [0.717, 1.165) is 41.3 Å². The average Bonchev–Trinajstić information content (AvgIpc) is 3.37. The highest BCUT2D eigenvalue weighted by atomic mass is 16.3. The molecule has 2 aliphatic rings. The lowest BCUT2D eigenvalue weighted by Gasteiger charge is -2.35. The highest BCUT2D eigenvalue weighted by Gasteiger charge is 2.55. The van der Waals surface area contributed by atoms with Gasteiger partial charge in [0.15, 0.2) is 5.78 Å². The quantitative estimate of drug-likeness (QED) is 0.571. The molecule has 1 saturated carbocycles. The average molecular weight is 397 g/mol. The van der Waals surface area contributed by atoms with Crippen molar-refractivity contribution in [2.45, 2.75) is 58.0 Å². The number of aryl methyl sites for hydroxylation is 1. The molecule has 3 amide bonds. The number of hydrogen-bond acceptors (Lipinski definition) is 4. The number of ketones is 1. The Morgan fingerprint density at radius 3 is 2.55 bits per heavy atom. The summed E-state index contributed by atoms with van der Waals surface area (Å²) in [5.74, 6) is 0.366. The second-order valence-corrected chi connectivity index (χ2v) is 8.20. The van der Waals surface area contributed by atoms with Crippen molar-refractivity contribution in [3.05, 3.63) is 47.2 Å². The first-order valence-corrected chi connectivity index (χ1v) is 10.2. The Morgan fingerprint density at radius 1 is 1.17 bits per heavy atom. The summed E-state index contributed by atoms with van der Waals surface area (Å²) in [5.41, 5.74) is 1.53. The minimum absolute atomic E-state index is 0.213. The van der Waals surface area contributed by atoms with E-state index < -0.39 is 5.54 Å². The summed E-state index contributed by atoms with van der Waals surface area (Å²) in [7, 11) is 1.69. The van der Waals surface area contributed by atoms with Crippen molar-refractivity contribution in [3.63, 3.8) is 0 Å². The molecule has 29 heavy (non-hydrogen) atoms. The molecule has 0 radical (unpaired) electrons. The number of amides is 3. The second-order valence-electron chi connectivity index (χ2n) is 8.20. The Bertz CT molecular complexity index is 951. The van der Waals surface area contributed by atoms with Crippen LogP contribution >= 0.6 is 0 Å². The Balaban J connectivity index is 1.55. The minimum Gasteiger partial charge on any atom is -0.467 e. The van der Waals surface area contributed by atoms with Crippen LogP contribution in [0.5, 0.6) is 0 Å². The summed E-state index contributed by atoms with van der Waals surface area (Å²) < 4.78 is 7.43. The van der Waals surface area contributed by atoms with E-state index in [0.29, 0.717) is 24.9 Å². The van der Waals surface area contributed by atoms with Crippen molar-refractivity contribution in [3.8, 4) is 0 Å². The molecule has 0 bridgehead atoms. The summed E-state index contributed by atoms with van der Waals surface area (Å²) in [6.45, 7) is 4.13.